The number of rotatable bonds is 4. The normalized spacial score (nSPS) is 15.3. The molecule has 6 heteroatoms. The molecular weight excluding hydrogens is 330 g/mol. The van der Waals surface area contributed by atoms with Gasteiger partial charge in [0.05, 0.1) is 5.52 Å². The van der Waals surface area contributed by atoms with E-state index in [1.165, 1.54) is 5.69 Å². The second-order valence-electron chi connectivity index (χ2n) is 6.74. The van der Waals surface area contributed by atoms with Crippen LogP contribution in [-0.4, -0.2) is 24.0 Å². The summed E-state index contributed by atoms with van der Waals surface area (Å²) >= 11 is 0. The topological polar surface area (TPSA) is 78.3 Å². The maximum atomic E-state index is 12.3. The summed E-state index contributed by atoms with van der Waals surface area (Å²) in [7, 11) is 0. The average molecular weight is 351 g/mol. The van der Waals surface area contributed by atoms with Crippen LogP contribution in [-0.2, 0) is 4.79 Å². The van der Waals surface area contributed by atoms with E-state index in [-0.39, 0.29) is 5.91 Å². The summed E-state index contributed by atoms with van der Waals surface area (Å²) in [5.41, 5.74) is 2.97. The first-order chi connectivity index (χ1) is 12.7. The Morgan fingerprint density at radius 2 is 1.92 bits per heavy atom. The first-order valence-corrected chi connectivity index (χ1v) is 8.90. The van der Waals surface area contributed by atoms with Gasteiger partial charge in [0.1, 0.15) is 0 Å². The number of para-hydroxylation sites is 1. The van der Waals surface area contributed by atoms with E-state index < -0.39 is 5.76 Å². The molecule has 0 bridgehead atoms. The van der Waals surface area contributed by atoms with Crippen LogP contribution in [0.3, 0.4) is 0 Å². The van der Waals surface area contributed by atoms with Crippen molar-refractivity contribution in [3.8, 4) is 0 Å². The number of anilines is 2. The van der Waals surface area contributed by atoms with E-state index in [1.54, 1.807) is 18.2 Å². The largest absolute Gasteiger partial charge is 0.417 e. The highest BCUT2D eigenvalue weighted by Gasteiger charge is 2.21. The van der Waals surface area contributed by atoms with Crippen molar-refractivity contribution in [2.24, 2.45) is 5.92 Å². The van der Waals surface area contributed by atoms with Crippen molar-refractivity contribution in [2.75, 3.05) is 23.3 Å². The Morgan fingerprint density at radius 1 is 1.15 bits per heavy atom. The maximum Gasteiger partial charge on any atom is 0.417 e. The smallest absolute Gasteiger partial charge is 0.408 e. The number of hydrogen-bond acceptors (Lipinski definition) is 4. The molecule has 1 aliphatic rings. The van der Waals surface area contributed by atoms with Gasteiger partial charge in [-0.1, -0.05) is 18.2 Å². The number of carbonyl (C=O) groups excluding carboxylic acids is 1. The molecule has 2 N–H and O–H groups in total. The first-order valence-electron chi connectivity index (χ1n) is 8.90. The second kappa shape index (κ2) is 7.07. The molecule has 26 heavy (non-hydrogen) atoms. The molecule has 6 nitrogen and oxygen atoms in total. The van der Waals surface area contributed by atoms with E-state index in [0.717, 1.165) is 25.9 Å². The summed E-state index contributed by atoms with van der Waals surface area (Å²) in [6, 6.07) is 15.6. The van der Waals surface area contributed by atoms with Crippen LogP contribution in [0, 0.1) is 5.92 Å². The Labute approximate surface area is 150 Å². The Kier molecular flexibility index (Phi) is 4.48. The fourth-order valence-corrected chi connectivity index (χ4v) is 3.53. The summed E-state index contributed by atoms with van der Waals surface area (Å²) in [5.74, 6) is -0.0991. The van der Waals surface area contributed by atoms with E-state index in [1.807, 2.05) is 6.07 Å². The van der Waals surface area contributed by atoms with Gasteiger partial charge in [0.15, 0.2) is 5.58 Å². The number of carbonyl (C=O) groups is 1. The first kappa shape index (κ1) is 16.4. The lowest BCUT2D eigenvalue weighted by atomic mass is 9.93. The van der Waals surface area contributed by atoms with Crippen LogP contribution in [0.5, 0.6) is 0 Å². The van der Waals surface area contributed by atoms with Gasteiger partial charge in [-0.2, -0.15) is 0 Å². The Hall–Kier alpha value is -3.02. The van der Waals surface area contributed by atoms with Gasteiger partial charge in [-0.05, 0) is 43.0 Å². The lowest BCUT2D eigenvalue weighted by Crippen LogP contribution is -2.34. The Morgan fingerprint density at radius 3 is 2.69 bits per heavy atom. The van der Waals surface area contributed by atoms with Crippen molar-refractivity contribution in [1.29, 1.82) is 0 Å². The van der Waals surface area contributed by atoms with Crippen LogP contribution in [0.4, 0.5) is 11.4 Å². The molecule has 0 saturated carbocycles. The SMILES string of the molecule is O=C(CC1CCN(c2ccccc2)CC1)Nc1ccc2[nH]c(=O)oc2c1. The minimum Gasteiger partial charge on any atom is -0.408 e. The van der Waals surface area contributed by atoms with E-state index in [0.29, 0.717) is 29.1 Å². The summed E-state index contributed by atoms with van der Waals surface area (Å²) in [4.78, 5) is 28.5. The van der Waals surface area contributed by atoms with Crippen molar-refractivity contribution in [3.63, 3.8) is 0 Å². The third kappa shape index (κ3) is 3.64. The van der Waals surface area contributed by atoms with E-state index >= 15 is 0 Å². The minimum atomic E-state index is -0.492. The van der Waals surface area contributed by atoms with Gasteiger partial charge in [-0.3, -0.25) is 9.78 Å². The third-order valence-corrected chi connectivity index (χ3v) is 4.91. The number of hydrogen-bond donors (Lipinski definition) is 2. The molecule has 0 atom stereocenters. The van der Waals surface area contributed by atoms with E-state index in [2.05, 4.69) is 39.5 Å². The van der Waals surface area contributed by atoms with Gasteiger partial charge >= 0.3 is 5.76 Å². The van der Waals surface area contributed by atoms with Gasteiger partial charge in [0.25, 0.3) is 0 Å². The van der Waals surface area contributed by atoms with Crippen molar-refractivity contribution in [1.82, 2.24) is 4.98 Å². The number of aromatic nitrogens is 1. The number of nitrogens with one attached hydrogen (secondary N) is 2. The highest BCUT2D eigenvalue weighted by atomic mass is 16.4. The molecule has 1 fully saturated rings. The second-order valence-corrected chi connectivity index (χ2v) is 6.74. The number of benzene rings is 2. The van der Waals surface area contributed by atoms with Gasteiger partial charge in [-0.15, -0.1) is 0 Å². The molecule has 2 heterocycles. The fraction of sp³-hybridized carbons (Fsp3) is 0.300. The van der Waals surface area contributed by atoms with Gasteiger partial charge in [0.2, 0.25) is 5.91 Å². The molecule has 0 unspecified atom stereocenters. The van der Waals surface area contributed by atoms with Crippen molar-refractivity contribution < 1.29 is 9.21 Å². The standard InChI is InChI=1S/C20H21N3O3/c24-19(21-15-6-7-17-18(13-15)26-20(25)22-17)12-14-8-10-23(11-9-14)16-4-2-1-3-5-16/h1-7,13-14H,8-12H2,(H,21,24)(H,22,25). The molecule has 1 aliphatic heterocycles. The maximum absolute atomic E-state index is 12.3. The minimum absolute atomic E-state index is 0.000365. The lowest BCUT2D eigenvalue weighted by Gasteiger charge is -2.33. The average Bonchev–Trinajstić information content (AvgIpc) is 3.02. The predicted molar refractivity (Wildman–Crippen MR) is 101 cm³/mol. The van der Waals surface area contributed by atoms with E-state index in [9.17, 15) is 9.59 Å². The van der Waals surface area contributed by atoms with Crippen molar-refractivity contribution in [2.45, 2.75) is 19.3 Å². The molecule has 0 radical (unpaired) electrons. The fourth-order valence-electron chi connectivity index (χ4n) is 3.53. The van der Waals surface area contributed by atoms with Gasteiger partial charge in [0, 0.05) is 37.0 Å². The van der Waals surface area contributed by atoms with Crippen molar-refractivity contribution >= 4 is 28.4 Å². The molecule has 0 aliphatic carbocycles. The summed E-state index contributed by atoms with van der Waals surface area (Å²) in [6.07, 6.45) is 2.53. The molecule has 2 aromatic carbocycles. The zero-order valence-electron chi connectivity index (χ0n) is 14.4. The third-order valence-electron chi connectivity index (χ3n) is 4.91. The highest BCUT2D eigenvalue weighted by Crippen LogP contribution is 2.25. The van der Waals surface area contributed by atoms with Gasteiger partial charge < -0.3 is 14.6 Å². The highest BCUT2D eigenvalue weighted by molar-refractivity contribution is 5.92. The molecule has 4 rings (SSSR count). The number of aromatic amines is 1. The summed E-state index contributed by atoms with van der Waals surface area (Å²) in [6.45, 7) is 1.95. The molecule has 1 amide bonds. The lowest BCUT2D eigenvalue weighted by molar-refractivity contribution is -0.117. The van der Waals surface area contributed by atoms with Gasteiger partial charge in [-0.25, -0.2) is 4.79 Å². The monoisotopic (exact) mass is 351 g/mol. The summed E-state index contributed by atoms with van der Waals surface area (Å²) < 4.78 is 5.03. The Balaban J connectivity index is 1.31. The van der Waals surface area contributed by atoms with Crippen LogP contribution in [0.1, 0.15) is 19.3 Å². The van der Waals surface area contributed by atoms with Crippen LogP contribution in [0.2, 0.25) is 0 Å². The zero-order chi connectivity index (χ0) is 17.9. The number of H-pyrrole nitrogens is 1. The Bertz CT molecular complexity index is 953. The number of fused-ring (bicyclic) bond motifs is 1. The quantitative estimate of drug-likeness (QED) is 0.755. The molecular formula is C20H21N3O3. The van der Waals surface area contributed by atoms with Crippen LogP contribution >= 0.6 is 0 Å². The predicted octanol–water partition coefficient (Wildman–Crippen LogP) is 3.37. The number of amides is 1. The molecule has 1 saturated heterocycles. The summed E-state index contributed by atoms with van der Waals surface area (Å²) in [5, 5.41) is 2.91. The molecule has 0 spiro atoms. The molecule has 134 valence electrons. The van der Waals surface area contributed by atoms with Crippen LogP contribution in [0.15, 0.2) is 57.7 Å². The number of piperidine rings is 1. The number of oxazole rings is 1. The van der Waals surface area contributed by atoms with E-state index in [4.69, 9.17) is 4.42 Å². The molecule has 3 aromatic rings. The van der Waals surface area contributed by atoms with Crippen molar-refractivity contribution in [3.05, 3.63) is 59.1 Å². The van der Waals surface area contributed by atoms with Crippen LogP contribution < -0.4 is 16.0 Å². The molecule has 1 aromatic heterocycles. The number of nitrogens with zero attached hydrogens (tertiary/aromatic N) is 1. The van der Waals surface area contributed by atoms with Crippen LogP contribution in [0.25, 0.3) is 11.1 Å². The zero-order valence-corrected chi connectivity index (χ0v) is 14.4.